The highest BCUT2D eigenvalue weighted by Gasteiger charge is 2.36. The van der Waals surface area contributed by atoms with Crippen molar-refractivity contribution >= 4 is 7.26 Å². The molecule has 0 aliphatic heterocycles. The van der Waals surface area contributed by atoms with E-state index in [1.165, 1.54) is 37.7 Å². The predicted molar refractivity (Wildman–Crippen MR) is 70.4 cm³/mol. The minimum Gasteiger partial charge on any atom is -0.394 e. The smallest absolute Gasteiger partial charge is 0.110 e. The van der Waals surface area contributed by atoms with Crippen LogP contribution in [0.25, 0.3) is 0 Å². The van der Waals surface area contributed by atoms with Gasteiger partial charge >= 0.3 is 0 Å². The molecule has 2 nitrogen and oxygen atoms in total. The first kappa shape index (κ1) is 15.3. The summed E-state index contributed by atoms with van der Waals surface area (Å²) >= 11 is 0. The van der Waals surface area contributed by atoms with Gasteiger partial charge in [-0.2, -0.15) is 0 Å². The van der Waals surface area contributed by atoms with Crippen molar-refractivity contribution in [3.05, 3.63) is 0 Å². The van der Waals surface area contributed by atoms with Crippen molar-refractivity contribution in [2.45, 2.75) is 46.1 Å². The standard InChI is InChI=1S/C12H28O2P/c1-4-7-15(8-5-2,9-6-3)11-12(14)10-13/h12-14H,4-11H2,1-3H3/q+1. The number of aliphatic hydroxyl groups excluding tert-OH is 2. The molecule has 1 atom stereocenters. The van der Waals surface area contributed by atoms with Crippen LogP contribution in [0.4, 0.5) is 0 Å². The van der Waals surface area contributed by atoms with E-state index in [1.807, 2.05) is 0 Å². The molecule has 0 heterocycles. The lowest BCUT2D eigenvalue weighted by molar-refractivity contribution is 0.112. The summed E-state index contributed by atoms with van der Waals surface area (Å²) in [4.78, 5) is 0. The van der Waals surface area contributed by atoms with Gasteiger partial charge in [0.15, 0.2) is 0 Å². The molecule has 0 saturated heterocycles. The molecule has 0 aliphatic carbocycles. The van der Waals surface area contributed by atoms with Gasteiger partial charge in [-0.25, -0.2) is 0 Å². The zero-order valence-corrected chi connectivity index (χ0v) is 11.5. The predicted octanol–water partition coefficient (Wildman–Crippen LogP) is 2.59. The summed E-state index contributed by atoms with van der Waals surface area (Å²) in [5.74, 6) is 0. The number of rotatable bonds is 9. The molecule has 0 rings (SSSR count). The molecule has 15 heavy (non-hydrogen) atoms. The van der Waals surface area contributed by atoms with Gasteiger partial charge in [0, 0.05) is 7.26 Å². The van der Waals surface area contributed by atoms with Gasteiger partial charge < -0.3 is 10.2 Å². The van der Waals surface area contributed by atoms with E-state index in [1.54, 1.807) is 0 Å². The van der Waals surface area contributed by atoms with Crippen molar-refractivity contribution in [3.8, 4) is 0 Å². The van der Waals surface area contributed by atoms with Gasteiger partial charge in [0.1, 0.15) is 6.10 Å². The van der Waals surface area contributed by atoms with Crippen LogP contribution in [-0.2, 0) is 0 Å². The summed E-state index contributed by atoms with van der Waals surface area (Å²) in [5, 5.41) is 18.6. The minimum atomic E-state index is -0.979. The maximum atomic E-state index is 9.65. The van der Waals surface area contributed by atoms with Crippen LogP contribution < -0.4 is 0 Å². The largest absolute Gasteiger partial charge is 0.394 e. The third-order valence-electron chi connectivity index (χ3n) is 2.90. The second-order valence-corrected chi connectivity index (χ2v) is 8.92. The zero-order valence-electron chi connectivity index (χ0n) is 10.6. The molecule has 0 aromatic heterocycles. The highest BCUT2D eigenvalue weighted by atomic mass is 31.2. The van der Waals surface area contributed by atoms with Crippen molar-refractivity contribution in [2.24, 2.45) is 0 Å². The van der Waals surface area contributed by atoms with E-state index in [9.17, 15) is 5.11 Å². The van der Waals surface area contributed by atoms with Gasteiger partial charge in [-0.15, -0.1) is 0 Å². The first-order valence-electron chi connectivity index (χ1n) is 6.28. The van der Waals surface area contributed by atoms with Crippen molar-refractivity contribution < 1.29 is 10.2 Å². The SMILES string of the molecule is CCC[P+](CCC)(CCC)CC(O)CO. The third kappa shape index (κ3) is 5.85. The van der Waals surface area contributed by atoms with E-state index in [2.05, 4.69) is 20.8 Å². The summed E-state index contributed by atoms with van der Waals surface area (Å²) in [5.41, 5.74) is 0. The molecule has 0 fully saturated rings. The monoisotopic (exact) mass is 235 g/mol. The second-order valence-electron chi connectivity index (χ2n) is 4.53. The van der Waals surface area contributed by atoms with Crippen molar-refractivity contribution in [1.82, 2.24) is 0 Å². The Balaban J connectivity index is 4.44. The zero-order chi connectivity index (χ0) is 11.7. The molecule has 0 radical (unpaired) electrons. The molecule has 0 saturated carbocycles. The molecular weight excluding hydrogens is 207 g/mol. The van der Waals surface area contributed by atoms with Gasteiger partial charge in [0.2, 0.25) is 0 Å². The molecule has 0 aromatic rings. The van der Waals surface area contributed by atoms with E-state index >= 15 is 0 Å². The molecule has 1 unspecified atom stereocenters. The van der Waals surface area contributed by atoms with Crippen molar-refractivity contribution in [2.75, 3.05) is 31.3 Å². The Morgan fingerprint density at radius 3 is 1.60 bits per heavy atom. The van der Waals surface area contributed by atoms with E-state index in [4.69, 9.17) is 5.11 Å². The molecule has 92 valence electrons. The lowest BCUT2D eigenvalue weighted by atomic mass is 10.4. The Morgan fingerprint density at radius 2 is 1.33 bits per heavy atom. The highest BCUT2D eigenvalue weighted by molar-refractivity contribution is 7.75. The molecule has 0 aromatic carbocycles. The number of hydrogen-bond acceptors (Lipinski definition) is 2. The van der Waals surface area contributed by atoms with Crippen LogP contribution >= 0.6 is 7.26 Å². The van der Waals surface area contributed by atoms with Gasteiger partial charge in [-0.05, 0) is 19.3 Å². The quantitative estimate of drug-likeness (QED) is 0.603. The van der Waals surface area contributed by atoms with Gasteiger partial charge in [0.05, 0.1) is 31.3 Å². The second kappa shape index (κ2) is 8.50. The fourth-order valence-electron chi connectivity index (χ4n) is 2.54. The fourth-order valence-corrected chi connectivity index (χ4v) is 7.61. The number of aliphatic hydroxyl groups is 2. The van der Waals surface area contributed by atoms with E-state index < -0.39 is 13.4 Å². The average Bonchev–Trinajstić information content (AvgIpc) is 2.18. The summed E-state index contributed by atoms with van der Waals surface area (Å²) < 4.78 is 0. The van der Waals surface area contributed by atoms with Gasteiger partial charge in [0.25, 0.3) is 0 Å². The Bertz CT molecular complexity index is 134. The molecule has 2 N–H and O–H groups in total. The van der Waals surface area contributed by atoms with Gasteiger partial charge in [-0.1, -0.05) is 20.8 Å². The topological polar surface area (TPSA) is 40.5 Å². The Morgan fingerprint density at radius 1 is 0.933 bits per heavy atom. The van der Waals surface area contributed by atoms with E-state index in [0.29, 0.717) is 0 Å². The average molecular weight is 235 g/mol. The highest BCUT2D eigenvalue weighted by Crippen LogP contribution is 2.60. The molecular formula is C12H28O2P+. The molecule has 0 aliphatic rings. The third-order valence-corrected chi connectivity index (χ3v) is 8.29. The molecule has 0 amide bonds. The van der Waals surface area contributed by atoms with Crippen LogP contribution in [-0.4, -0.2) is 47.6 Å². The molecule has 0 spiro atoms. The maximum Gasteiger partial charge on any atom is 0.110 e. The van der Waals surface area contributed by atoms with Crippen molar-refractivity contribution in [1.29, 1.82) is 0 Å². The van der Waals surface area contributed by atoms with Crippen molar-refractivity contribution in [3.63, 3.8) is 0 Å². The number of hydrogen-bond donors (Lipinski definition) is 2. The summed E-state index contributed by atoms with van der Waals surface area (Å²) in [7, 11) is -0.979. The normalized spacial score (nSPS) is 14.2. The Labute approximate surface area is 95.4 Å². The summed E-state index contributed by atoms with van der Waals surface area (Å²) in [6.07, 6.45) is 7.88. The maximum absolute atomic E-state index is 9.65. The van der Waals surface area contributed by atoms with Crippen LogP contribution in [0.15, 0.2) is 0 Å². The Kier molecular flexibility index (Phi) is 8.69. The van der Waals surface area contributed by atoms with E-state index in [0.717, 1.165) is 6.16 Å². The summed E-state index contributed by atoms with van der Waals surface area (Å²) in [6, 6.07) is 0. The lowest BCUT2D eigenvalue weighted by Crippen LogP contribution is -2.24. The van der Waals surface area contributed by atoms with Crippen LogP contribution in [0, 0.1) is 0 Å². The molecule has 0 bridgehead atoms. The fraction of sp³-hybridized carbons (Fsp3) is 1.00. The minimum absolute atomic E-state index is 0.0705. The Hall–Kier alpha value is 0.350. The first-order valence-corrected chi connectivity index (χ1v) is 8.81. The molecule has 3 heteroatoms. The van der Waals surface area contributed by atoms with Gasteiger partial charge in [-0.3, -0.25) is 0 Å². The van der Waals surface area contributed by atoms with Crippen LogP contribution in [0.5, 0.6) is 0 Å². The van der Waals surface area contributed by atoms with Crippen LogP contribution in [0.3, 0.4) is 0 Å². The summed E-state index contributed by atoms with van der Waals surface area (Å²) in [6.45, 7) is 6.61. The van der Waals surface area contributed by atoms with E-state index in [-0.39, 0.29) is 6.61 Å². The van der Waals surface area contributed by atoms with Crippen LogP contribution in [0.2, 0.25) is 0 Å². The van der Waals surface area contributed by atoms with Crippen LogP contribution in [0.1, 0.15) is 40.0 Å². The first-order chi connectivity index (χ1) is 7.14. The lowest BCUT2D eigenvalue weighted by Gasteiger charge is -2.28.